The smallest absolute Gasteiger partial charge is 0.0701 e. The summed E-state index contributed by atoms with van der Waals surface area (Å²) in [7, 11) is 1.67. The Hall–Kier alpha value is -1.06. The fraction of sp³-hybridized carbons (Fsp3) is 0.500. The third-order valence-electron chi connectivity index (χ3n) is 2.06. The second-order valence-corrected chi connectivity index (χ2v) is 3.40. The first-order chi connectivity index (χ1) is 7.33. The van der Waals surface area contributed by atoms with Gasteiger partial charge in [0.2, 0.25) is 0 Å². The highest BCUT2D eigenvalue weighted by molar-refractivity contribution is 5.44. The molecule has 0 spiro atoms. The maximum Gasteiger partial charge on any atom is 0.0701 e. The molecule has 0 atom stereocenters. The van der Waals surface area contributed by atoms with Crippen LogP contribution in [0.4, 0.5) is 5.69 Å². The lowest BCUT2D eigenvalue weighted by atomic mass is 10.2. The van der Waals surface area contributed by atoms with Crippen molar-refractivity contribution in [3.05, 3.63) is 29.8 Å². The quantitative estimate of drug-likeness (QED) is 0.697. The molecule has 0 aliphatic rings. The van der Waals surface area contributed by atoms with Crippen molar-refractivity contribution in [3.8, 4) is 0 Å². The number of ether oxygens (including phenoxy) is 2. The van der Waals surface area contributed by atoms with Gasteiger partial charge in [-0.05, 0) is 19.1 Å². The number of methoxy groups -OCH3 is 1. The molecule has 1 aromatic rings. The lowest BCUT2D eigenvalue weighted by Crippen LogP contribution is -2.11. The molecule has 0 heterocycles. The van der Waals surface area contributed by atoms with Crippen LogP contribution >= 0.6 is 0 Å². The average Bonchev–Trinajstić information content (AvgIpc) is 2.26. The zero-order valence-electron chi connectivity index (χ0n) is 9.45. The second-order valence-electron chi connectivity index (χ2n) is 3.40. The first-order valence-corrected chi connectivity index (χ1v) is 5.20. The molecule has 15 heavy (non-hydrogen) atoms. The molecule has 0 unspecified atom stereocenters. The van der Waals surface area contributed by atoms with Crippen LogP contribution < -0.4 is 5.32 Å². The van der Waals surface area contributed by atoms with Crippen molar-refractivity contribution in [3.63, 3.8) is 0 Å². The molecule has 0 aromatic heterocycles. The third-order valence-corrected chi connectivity index (χ3v) is 2.06. The summed E-state index contributed by atoms with van der Waals surface area (Å²) in [4.78, 5) is 0. The van der Waals surface area contributed by atoms with Crippen LogP contribution in [0, 0.1) is 6.92 Å². The van der Waals surface area contributed by atoms with Gasteiger partial charge in [0.25, 0.3) is 0 Å². The predicted octanol–water partition coefficient (Wildman–Crippen LogP) is 2.07. The zero-order chi connectivity index (χ0) is 10.9. The van der Waals surface area contributed by atoms with Crippen LogP contribution in [-0.2, 0) is 9.47 Å². The summed E-state index contributed by atoms with van der Waals surface area (Å²) >= 11 is 0. The van der Waals surface area contributed by atoms with Crippen molar-refractivity contribution in [2.24, 2.45) is 0 Å². The maximum absolute atomic E-state index is 5.33. The Bertz CT molecular complexity index is 259. The van der Waals surface area contributed by atoms with Gasteiger partial charge >= 0.3 is 0 Å². The highest BCUT2D eigenvalue weighted by Crippen LogP contribution is 2.07. The summed E-state index contributed by atoms with van der Waals surface area (Å²) in [5.74, 6) is 0. The standard InChI is InChI=1S/C12H19NO2/c1-11-3-5-12(6-4-11)13-7-8-15-10-9-14-2/h3-6,13H,7-10H2,1-2H3. The normalized spacial score (nSPS) is 10.3. The van der Waals surface area contributed by atoms with Crippen molar-refractivity contribution in [1.29, 1.82) is 0 Å². The van der Waals surface area contributed by atoms with Crippen LogP contribution in [-0.4, -0.2) is 33.5 Å². The van der Waals surface area contributed by atoms with E-state index in [1.165, 1.54) is 5.56 Å². The van der Waals surface area contributed by atoms with Crippen LogP contribution in [0.25, 0.3) is 0 Å². The monoisotopic (exact) mass is 209 g/mol. The number of nitrogens with one attached hydrogen (secondary N) is 1. The molecule has 0 aliphatic heterocycles. The highest BCUT2D eigenvalue weighted by atomic mass is 16.5. The third kappa shape index (κ3) is 5.40. The van der Waals surface area contributed by atoms with Gasteiger partial charge in [-0.3, -0.25) is 0 Å². The van der Waals surface area contributed by atoms with E-state index in [-0.39, 0.29) is 0 Å². The number of hydrogen-bond donors (Lipinski definition) is 1. The van der Waals surface area contributed by atoms with E-state index in [1.54, 1.807) is 7.11 Å². The topological polar surface area (TPSA) is 30.5 Å². The van der Waals surface area contributed by atoms with Crippen molar-refractivity contribution in [2.75, 3.05) is 38.8 Å². The molecule has 0 aliphatic carbocycles. The zero-order valence-corrected chi connectivity index (χ0v) is 9.45. The molecular formula is C12H19NO2. The van der Waals surface area contributed by atoms with Gasteiger partial charge in [-0.15, -0.1) is 0 Å². The molecule has 3 heteroatoms. The molecule has 84 valence electrons. The van der Waals surface area contributed by atoms with Gasteiger partial charge in [0.1, 0.15) is 0 Å². The lowest BCUT2D eigenvalue weighted by Gasteiger charge is -2.07. The number of rotatable bonds is 7. The van der Waals surface area contributed by atoms with Crippen molar-refractivity contribution in [2.45, 2.75) is 6.92 Å². The molecule has 1 N–H and O–H groups in total. The minimum atomic E-state index is 0.657. The van der Waals surface area contributed by atoms with Crippen molar-refractivity contribution >= 4 is 5.69 Å². The summed E-state index contributed by atoms with van der Waals surface area (Å²) in [6, 6.07) is 8.33. The number of benzene rings is 1. The highest BCUT2D eigenvalue weighted by Gasteiger charge is 1.91. The van der Waals surface area contributed by atoms with Crippen LogP contribution in [0.5, 0.6) is 0 Å². The van der Waals surface area contributed by atoms with Gasteiger partial charge in [-0.25, -0.2) is 0 Å². The van der Waals surface area contributed by atoms with E-state index < -0.39 is 0 Å². The Labute approximate surface area is 91.4 Å². The Morgan fingerprint density at radius 3 is 2.47 bits per heavy atom. The number of anilines is 1. The van der Waals surface area contributed by atoms with E-state index in [1.807, 2.05) is 0 Å². The molecule has 0 fully saturated rings. The fourth-order valence-electron chi connectivity index (χ4n) is 1.18. The average molecular weight is 209 g/mol. The summed E-state index contributed by atoms with van der Waals surface area (Å²) < 4.78 is 10.2. The van der Waals surface area contributed by atoms with E-state index >= 15 is 0 Å². The van der Waals surface area contributed by atoms with Gasteiger partial charge < -0.3 is 14.8 Å². The molecule has 0 amide bonds. The maximum atomic E-state index is 5.33. The molecular weight excluding hydrogens is 190 g/mol. The first-order valence-electron chi connectivity index (χ1n) is 5.20. The van der Waals surface area contributed by atoms with Gasteiger partial charge in [-0.2, -0.15) is 0 Å². The van der Waals surface area contributed by atoms with Crippen LogP contribution in [0.15, 0.2) is 24.3 Å². The van der Waals surface area contributed by atoms with E-state index in [0.717, 1.165) is 12.2 Å². The van der Waals surface area contributed by atoms with E-state index in [2.05, 4.69) is 36.5 Å². The van der Waals surface area contributed by atoms with E-state index in [0.29, 0.717) is 19.8 Å². The number of hydrogen-bond acceptors (Lipinski definition) is 3. The van der Waals surface area contributed by atoms with Gasteiger partial charge in [-0.1, -0.05) is 17.7 Å². The lowest BCUT2D eigenvalue weighted by molar-refractivity contribution is 0.0759. The fourth-order valence-corrected chi connectivity index (χ4v) is 1.18. The summed E-state index contributed by atoms with van der Waals surface area (Å²) in [5.41, 5.74) is 2.41. The van der Waals surface area contributed by atoms with Gasteiger partial charge in [0.05, 0.1) is 19.8 Å². The van der Waals surface area contributed by atoms with Gasteiger partial charge in [0, 0.05) is 19.3 Å². The largest absolute Gasteiger partial charge is 0.383 e. The molecule has 0 bridgehead atoms. The predicted molar refractivity (Wildman–Crippen MR) is 62.4 cm³/mol. The van der Waals surface area contributed by atoms with E-state index in [9.17, 15) is 0 Å². The van der Waals surface area contributed by atoms with Gasteiger partial charge in [0.15, 0.2) is 0 Å². The number of aryl methyl sites for hydroxylation is 1. The van der Waals surface area contributed by atoms with Crippen LogP contribution in [0.3, 0.4) is 0 Å². The van der Waals surface area contributed by atoms with Crippen LogP contribution in [0.2, 0.25) is 0 Å². The molecule has 1 aromatic carbocycles. The molecule has 3 nitrogen and oxygen atoms in total. The SMILES string of the molecule is COCCOCCNc1ccc(C)cc1. The summed E-state index contributed by atoms with van der Waals surface area (Å²) in [6.07, 6.45) is 0. The van der Waals surface area contributed by atoms with E-state index in [4.69, 9.17) is 9.47 Å². The molecule has 0 radical (unpaired) electrons. The molecule has 1 rings (SSSR count). The van der Waals surface area contributed by atoms with Crippen LogP contribution in [0.1, 0.15) is 5.56 Å². The van der Waals surface area contributed by atoms with Crippen molar-refractivity contribution < 1.29 is 9.47 Å². The summed E-state index contributed by atoms with van der Waals surface area (Å²) in [5, 5.41) is 3.28. The second kappa shape index (κ2) is 7.26. The molecule has 0 saturated carbocycles. The minimum Gasteiger partial charge on any atom is -0.383 e. The minimum absolute atomic E-state index is 0.657. The Kier molecular flexibility index (Phi) is 5.81. The molecule has 0 saturated heterocycles. The van der Waals surface area contributed by atoms with Crippen molar-refractivity contribution in [1.82, 2.24) is 0 Å². The Balaban J connectivity index is 2.07. The summed E-state index contributed by atoms with van der Waals surface area (Å²) in [6.45, 7) is 4.93. The Morgan fingerprint density at radius 2 is 1.80 bits per heavy atom. The first kappa shape index (κ1) is 12.0. The Morgan fingerprint density at radius 1 is 1.07 bits per heavy atom.